The van der Waals surface area contributed by atoms with Crippen molar-refractivity contribution in [3.63, 3.8) is 0 Å². The molecule has 3 aromatic rings. The highest BCUT2D eigenvalue weighted by Crippen LogP contribution is 2.25. The van der Waals surface area contributed by atoms with E-state index in [9.17, 15) is 9.65 Å². The Labute approximate surface area is 131 Å². The zero-order chi connectivity index (χ0) is 15.7. The van der Waals surface area contributed by atoms with Crippen molar-refractivity contribution in [3.05, 3.63) is 64.2 Å². The van der Waals surface area contributed by atoms with Gasteiger partial charge in [-0.05, 0) is 42.8 Å². The average molecular weight is 312 g/mol. The Morgan fingerprint density at radius 1 is 1.36 bits per heavy atom. The van der Waals surface area contributed by atoms with Gasteiger partial charge in [0.05, 0.1) is 21.6 Å². The highest BCUT2D eigenvalue weighted by Gasteiger charge is 2.11. The quantitative estimate of drug-likeness (QED) is 0.696. The summed E-state index contributed by atoms with van der Waals surface area (Å²) in [5.41, 5.74) is 3.07. The second-order valence-corrected chi connectivity index (χ2v) is 5.32. The Hall–Kier alpha value is -2.64. The molecule has 1 aromatic heterocycles. The molecule has 3 rings (SSSR count). The summed E-state index contributed by atoms with van der Waals surface area (Å²) >= 11 is 5.99. The van der Waals surface area contributed by atoms with Crippen LogP contribution < -0.4 is 0 Å². The van der Waals surface area contributed by atoms with Crippen LogP contribution in [0.1, 0.15) is 17.0 Å². The first-order chi connectivity index (χ1) is 10.6. The molecule has 0 spiro atoms. The lowest BCUT2D eigenvalue weighted by Crippen LogP contribution is -1.88. The van der Waals surface area contributed by atoms with E-state index in [1.165, 1.54) is 18.2 Å². The van der Waals surface area contributed by atoms with E-state index in [4.69, 9.17) is 11.6 Å². The maximum absolute atomic E-state index is 13.9. The van der Waals surface area contributed by atoms with Crippen molar-refractivity contribution >= 4 is 34.3 Å². The molecule has 0 fully saturated rings. The fourth-order valence-corrected chi connectivity index (χ4v) is 2.42. The predicted octanol–water partition coefficient (Wildman–Crippen LogP) is 4.73. The molecule has 0 saturated heterocycles. The lowest BCUT2D eigenvalue weighted by molar-refractivity contribution is 0.625. The van der Waals surface area contributed by atoms with Crippen LogP contribution in [0.2, 0.25) is 5.02 Å². The number of benzene rings is 2. The summed E-state index contributed by atoms with van der Waals surface area (Å²) in [5.74, 6) is -0.0883. The van der Waals surface area contributed by atoms with E-state index in [1.807, 2.05) is 31.2 Å². The Balaban J connectivity index is 2.14. The van der Waals surface area contributed by atoms with Crippen LogP contribution in [0.5, 0.6) is 0 Å². The lowest BCUT2D eigenvalue weighted by Gasteiger charge is -2.00. The van der Waals surface area contributed by atoms with Crippen LogP contribution in [0, 0.1) is 24.1 Å². The van der Waals surface area contributed by atoms with Crippen molar-refractivity contribution in [2.75, 3.05) is 0 Å². The Morgan fingerprint density at radius 2 is 2.18 bits per heavy atom. The number of nitrogens with one attached hydrogen (secondary N) is 1. The van der Waals surface area contributed by atoms with Gasteiger partial charge in [-0.1, -0.05) is 23.7 Å². The van der Waals surface area contributed by atoms with E-state index in [1.54, 1.807) is 6.07 Å². The van der Waals surface area contributed by atoms with Gasteiger partial charge in [0, 0.05) is 5.56 Å². The number of aromatic amines is 1. The number of fused-ring (bicyclic) bond motifs is 1. The molecular weight excluding hydrogens is 301 g/mol. The Bertz CT molecular complexity index is 914. The smallest absolute Gasteiger partial charge is 0.149 e. The molecule has 108 valence electrons. The van der Waals surface area contributed by atoms with Gasteiger partial charge in [0.2, 0.25) is 0 Å². The first-order valence-electron chi connectivity index (χ1n) is 6.61. The molecule has 0 radical (unpaired) electrons. The molecule has 0 aliphatic carbocycles. The minimum atomic E-state index is -0.479. The Morgan fingerprint density at radius 3 is 2.91 bits per heavy atom. The van der Waals surface area contributed by atoms with E-state index in [2.05, 4.69) is 9.97 Å². The number of hydrogen-bond donors (Lipinski definition) is 1. The van der Waals surface area contributed by atoms with Crippen molar-refractivity contribution in [1.29, 1.82) is 5.26 Å². The number of nitrogens with zero attached hydrogens (tertiary/aromatic N) is 2. The minimum Gasteiger partial charge on any atom is -0.337 e. The molecule has 3 nitrogen and oxygen atoms in total. The second kappa shape index (κ2) is 5.63. The van der Waals surface area contributed by atoms with E-state index in [0.717, 1.165) is 16.6 Å². The van der Waals surface area contributed by atoms with Gasteiger partial charge in [-0.25, -0.2) is 9.37 Å². The zero-order valence-corrected chi connectivity index (χ0v) is 12.4. The van der Waals surface area contributed by atoms with E-state index < -0.39 is 5.82 Å². The molecule has 0 aliphatic heterocycles. The summed E-state index contributed by atoms with van der Waals surface area (Å²) in [5, 5.41) is 9.61. The first-order valence-corrected chi connectivity index (χ1v) is 6.99. The molecule has 0 amide bonds. The molecule has 0 aliphatic rings. The van der Waals surface area contributed by atoms with Gasteiger partial charge in [0.25, 0.3) is 0 Å². The van der Waals surface area contributed by atoms with Gasteiger partial charge >= 0.3 is 0 Å². The maximum Gasteiger partial charge on any atom is 0.149 e. The molecule has 22 heavy (non-hydrogen) atoms. The highest BCUT2D eigenvalue weighted by atomic mass is 35.5. The van der Waals surface area contributed by atoms with Crippen molar-refractivity contribution in [2.45, 2.75) is 6.92 Å². The van der Waals surface area contributed by atoms with Crippen LogP contribution in [0.4, 0.5) is 4.39 Å². The van der Waals surface area contributed by atoms with E-state index in [0.29, 0.717) is 5.82 Å². The van der Waals surface area contributed by atoms with E-state index in [-0.39, 0.29) is 16.2 Å². The molecule has 1 N–H and O–H groups in total. The molecule has 0 bridgehead atoms. The summed E-state index contributed by atoms with van der Waals surface area (Å²) < 4.78 is 13.9. The summed E-state index contributed by atoms with van der Waals surface area (Å²) in [6, 6.07) is 12.2. The number of hydrogen-bond acceptors (Lipinski definition) is 2. The van der Waals surface area contributed by atoms with Gasteiger partial charge in [0.1, 0.15) is 17.7 Å². The number of imidazole rings is 1. The number of halogens is 2. The van der Waals surface area contributed by atoms with Gasteiger partial charge in [-0.3, -0.25) is 0 Å². The number of H-pyrrole nitrogens is 1. The summed E-state index contributed by atoms with van der Waals surface area (Å²) in [7, 11) is 0. The first kappa shape index (κ1) is 14.3. The molecular formula is C17H11ClFN3. The fraction of sp³-hybridized carbons (Fsp3) is 0.0588. The number of aromatic nitrogens is 2. The monoisotopic (exact) mass is 311 g/mol. The molecule has 0 unspecified atom stereocenters. The van der Waals surface area contributed by atoms with Crippen LogP contribution in [0.25, 0.3) is 22.7 Å². The highest BCUT2D eigenvalue weighted by molar-refractivity contribution is 6.32. The van der Waals surface area contributed by atoms with Crippen LogP contribution in [-0.4, -0.2) is 9.97 Å². The number of rotatable bonds is 2. The predicted molar refractivity (Wildman–Crippen MR) is 85.7 cm³/mol. The van der Waals surface area contributed by atoms with Crippen LogP contribution in [-0.2, 0) is 0 Å². The SMILES string of the molecule is Cc1ccc2nc(/C(C#N)=C/c3c(F)cccc3Cl)[nH]c2c1. The van der Waals surface area contributed by atoms with Crippen LogP contribution in [0.3, 0.4) is 0 Å². The van der Waals surface area contributed by atoms with Gasteiger partial charge in [-0.2, -0.15) is 5.26 Å². The van der Waals surface area contributed by atoms with Gasteiger partial charge in [-0.15, -0.1) is 0 Å². The molecule has 2 aromatic carbocycles. The molecule has 0 atom stereocenters. The van der Waals surface area contributed by atoms with Gasteiger partial charge < -0.3 is 4.98 Å². The third kappa shape index (κ3) is 2.59. The zero-order valence-electron chi connectivity index (χ0n) is 11.7. The third-order valence-electron chi connectivity index (χ3n) is 3.30. The number of allylic oxidation sites excluding steroid dienone is 1. The van der Waals surface area contributed by atoms with Crippen molar-refractivity contribution in [1.82, 2.24) is 9.97 Å². The normalized spacial score (nSPS) is 11.6. The van der Waals surface area contributed by atoms with Crippen molar-refractivity contribution < 1.29 is 4.39 Å². The minimum absolute atomic E-state index is 0.178. The third-order valence-corrected chi connectivity index (χ3v) is 3.63. The maximum atomic E-state index is 13.9. The molecule has 5 heteroatoms. The summed E-state index contributed by atoms with van der Waals surface area (Å²) in [6.07, 6.45) is 1.40. The molecule has 0 saturated carbocycles. The largest absolute Gasteiger partial charge is 0.337 e. The lowest BCUT2D eigenvalue weighted by atomic mass is 10.1. The van der Waals surface area contributed by atoms with Crippen molar-refractivity contribution in [2.24, 2.45) is 0 Å². The van der Waals surface area contributed by atoms with Crippen LogP contribution in [0.15, 0.2) is 36.4 Å². The number of aryl methyl sites for hydroxylation is 1. The summed E-state index contributed by atoms with van der Waals surface area (Å²) in [6.45, 7) is 1.97. The Kier molecular flexibility index (Phi) is 3.66. The summed E-state index contributed by atoms with van der Waals surface area (Å²) in [4.78, 5) is 7.45. The number of nitriles is 1. The average Bonchev–Trinajstić information content (AvgIpc) is 2.89. The molecule has 1 heterocycles. The standard InChI is InChI=1S/C17H11ClFN3/c1-10-5-6-15-16(7-10)22-17(21-15)11(9-20)8-12-13(18)3-2-4-14(12)19/h2-8H,1H3,(H,21,22)/b11-8+. The van der Waals surface area contributed by atoms with Gasteiger partial charge in [0.15, 0.2) is 0 Å². The second-order valence-electron chi connectivity index (χ2n) is 4.91. The van der Waals surface area contributed by atoms with Crippen molar-refractivity contribution in [3.8, 4) is 6.07 Å². The van der Waals surface area contributed by atoms with E-state index >= 15 is 0 Å². The fourth-order valence-electron chi connectivity index (χ4n) is 2.20. The van der Waals surface area contributed by atoms with Crippen LogP contribution >= 0.6 is 11.6 Å². The topological polar surface area (TPSA) is 52.5 Å².